The van der Waals surface area contributed by atoms with Gasteiger partial charge in [0.25, 0.3) is 11.8 Å². The van der Waals surface area contributed by atoms with E-state index in [-0.39, 0.29) is 47.2 Å². The fraction of sp³-hybridized carbons (Fsp3) is 0.568. The molecule has 12 nitrogen and oxygen atoms in total. The average molecular weight is 721 g/mol. The zero-order valence-electron chi connectivity index (χ0n) is 29.5. The lowest BCUT2D eigenvalue weighted by Crippen LogP contribution is -2.62. The Kier molecular flexibility index (Phi) is 8.34. The Morgan fingerprint density at radius 1 is 1.06 bits per heavy atom. The van der Waals surface area contributed by atoms with Crippen LogP contribution in [0.1, 0.15) is 116 Å². The Labute approximate surface area is 299 Å². The van der Waals surface area contributed by atoms with Gasteiger partial charge in [-0.3, -0.25) is 19.0 Å². The van der Waals surface area contributed by atoms with Crippen LogP contribution in [-0.4, -0.2) is 88.8 Å². The largest absolute Gasteiger partial charge is 0.418 e. The van der Waals surface area contributed by atoms with Gasteiger partial charge in [0, 0.05) is 55.8 Å². The molecule has 1 spiro atoms. The Hall–Kier alpha value is -4.53. The van der Waals surface area contributed by atoms with Crippen molar-refractivity contribution in [3.63, 3.8) is 0 Å². The minimum Gasteiger partial charge on any atom is -0.379 e. The number of hydrogen-bond acceptors (Lipinski definition) is 8. The van der Waals surface area contributed by atoms with Crippen LogP contribution in [0.4, 0.5) is 13.2 Å². The molecule has 4 fully saturated rings. The number of alkyl halides is 3. The van der Waals surface area contributed by atoms with Crippen LogP contribution in [0.15, 0.2) is 53.4 Å². The maximum absolute atomic E-state index is 13.9. The van der Waals surface area contributed by atoms with E-state index in [0.717, 1.165) is 25.0 Å². The number of carbonyl (C=O) groups is 2. The summed E-state index contributed by atoms with van der Waals surface area (Å²) in [6, 6.07) is 7.25. The highest BCUT2D eigenvalue weighted by molar-refractivity contribution is 5.94. The first-order valence-corrected chi connectivity index (χ1v) is 18.0. The summed E-state index contributed by atoms with van der Waals surface area (Å²) < 4.78 is 48.0. The van der Waals surface area contributed by atoms with Crippen molar-refractivity contribution in [3.8, 4) is 0 Å². The number of likely N-dealkylation sites (tertiary alicyclic amines) is 2. The molecule has 0 radical (unpaired) electrons. The highest BCUT2D eigenvalue weighted by Gasteiger charge is 2.61. The molecule has 1 aromatic carbocycles. The topological polar surface area (TPSA) is 135 Å². The van der Waals surface area contributed by atoms with Crippen LogP contribution in [0.3, 0.4) is 0 Å². The standard InChI is InChI=1S/C37H43F3N8O4/c1-22(48-13-12-29(43-48)24-6-4-5-7-24)32-42-31(44-52-32)28-18-45(19-36(28)20-46(21-36)34(51)27-14-35(27,2)3)33(50)26-15-41-47(17-26)16-23-8-10-25(11-9-23)30(49)37(38,39)40/h8-13,15,17,22,24,27-28,30,49H,4-7,14,16,18-21H2,1-3H3/t22?,27-,28?,30?/m1/s1. The number of aromatic nitrogens is 6. The van der Waals surface area contributed by atoms with Crippen LogP contribution in [-0.2, 0) is 11.3 Å². The number of hydrogen-bond donors (Lipinski definition) is 1. The van der Waals surface area contributed by atoms with E-state index in [1.54, 1.807) is 15.8 Å². The zero-order chi connectivity index (χ0) is 36.6. The molecule has 2 amide bonds. The van der Waals surface area contributed by atoms with Gasteiger partial charge in [0.1, 0.15) is 6.04 Å². The van der Waals surface area contributed by atoms with Crippen molar-refractivity contribution in [2.24, 2.45) is 16.7 Å². The van der Waals surface area contributed by atoms with E-state index >= 15 is 0 Å². The van der Waals surface area contributed by atoms with Gasteiger partial charge in [0.2, 0.25) is 5.91 Å². The lowest BCUT2D eigenvalue weighted by atomic mass is 9.71. The van der Waals surface area contributed by atoms with Gasteiger partial charge in [0.05, 0.1) is 29.9 Å². The van der Waals surface area contributed by atoms with E-state index in [2.05, 4.69) is 30.2 Å². The van der Waals surface area contributed by atoms with Crippen molar-refractivity contribution in [2.45, 2.75) is 89.6 Å². The second-order valence-corrected chi connectivity index (χ2v) is 16.0. The van der Waals surface area contributed by atoms with E-state index in [4.69, 9.17) is 14.6 Å². The van der Waals surface area contributed by atoms with Crippen LogP contribution >= 0.6 is 0 Å². The summed E-state index contributed by atoms with van der Waals surface area (Å²) >= 11 is 0. The molecule has 52 heavy (non-hydrogen) atoms. The van der Waals surface area contributed by atoms with Crippen molar-refractivity contribution < 1.29 is 32.4 Å². The van der Waals surface area contributed by atoms with Gasteiger partial charge in [-0.1, -0.05) is 56.1 Å². The molecule has 4 aromatic rings. The first kappa shape index (κ1) is 34.6. The third-order valence-electron chi connectivity index (χ3n) is 11.8. The normalized spacial score (nSPS) is 23.6. The quantitative estimate of drug-likeness (QED) is 0.240. The van der Waals surface area contributed by atoms with Crippen molar-refractivity contribution in [1.29, 1.82) is 0 Å². The minimum atomic E-state index is -4.75. The summed E-state index contributed by atoms with van der Waals surface area (Å²) in [6.45, 7) is 8.15. The summed E-state index contributed by atoms with van der Waals surface area (Å²) in [5, 5.41) is 23.1. The number of aliphatic hydroxyl groups excluding tert-OH is 1. The van der Waals surface area contributed by atoms with E-state index < -0.39 is 17.7 Å². The molecule has 2 aliphatic heterocycles. The molecule has 2 aliphatic carbocycles. The third-order valence-corrected chi connectivity index (χ3v) is 11.8. The van der Waals surface area contributed by atoms with Crippen LogP contribution in [0.5, 0.6) is 0 Å². The Morgan fingerprint density at radius 2 is 1.75 bits per heavy atom. The predicted octanol–water partition coefficient (Wildman–Crippen LogP) is 5.49. The lowest BCUT2D eigenvalue weighted by molar-refractivity contribution is -0.206. The van der Waals surface area contributed by atoms with E-state index in [1.165, 1.54) is 43.3 Å². The summed E-state index contributed by atoms with van der Waals surface area (Å²) in [7, 11) is 0. The molecular formula is C37H43F3N8O4. The number of halogens is 3. The Morgan fingerprint density at radius 3 is 2.42 bits per heavy atom. The molecule has 8 rings (SSSR count). The van der Waals surface area contributed by atoms with Gasteiger partial charge < -0.3 is 19.4 Å². The first-order chi connectivity index (χ1) is 24.7. The number of nitrogens with zero attached hydrogens (tertiary/aromatic N) is 8. The number of benzene rings is 1. The number of amides is 2. The molecule has 2 saturated heterocycles. The molecule has 5 heterocycles. The summed E-state index contributed by atoms with van der Waals surface area (Å²) in [4.78, 5) is 35.8. The van der Waals surface area contributed by atoms with Crippen molar-refractivity contribution in [3.05, 3.63) is 83.0 Å². The van der Waals surface area contributed by atoms with Gasteiger partial charge in [-0.2, -0.15) is 28.4 Å². The SMILES string of the molecule is CC(c1nc(C2CN(C(=O)c3cnn(Cc4ccc(C(O)C(F)(F)F)cc4)c3)CC23CN(C(=O)[C@H]2CC2(C)C)C3)no1)n1ccc(C2CCCC2)n1. The summed E-state index contributed by atoms with van der Waals surface area (Å²) in [5.74, 6) is 1.11. The molecule has 1 N–H and O–H groups in total. The second kappa shape index (κ2) is 12.6. The fourth-order valence-electron chi connectivity index (χ4n) is 8.38. The van der Waals surface area contributed by atoms with Crippen LogP contribution in [0, 0.1) is 16.7 Å². The molecule has 276 valence electrons. The monoisotopic (exact) mass is 720 g/mol. The minimum absolute atomic E-state index is 0.00622. The summed E-state index contributed by atoms with van der Waals surface area (Å²) in [6.07, 6.45) is 3.38. The molecule has 15 heteroatoms. The molecule has 4 atom stereocenters. The smallest absolute Gasteiger partial charge is 0.379 e. The van der Waals surface area contributed by atoms with Gasteiger partial charge in [0.15, 0.2) is 11.9 Å². The van der Waals surface area contributed by atoms with Crippen molar-refractivity contribution in [1.82, 2.24) is 39.5 Å². The van der Waals surface area contributed by atoms with E-state index in [9.17, 15) is 27.9 Å². The fourth-order valence-corrected chi connectivity index (χ4v) is 8.38. The summed E-state index contributed by atoms with van der Waals surface area (Å²) in [5.41, 5.74) is 1.44. The van der Waals surface area contributed by atoms with Gasteiger partial charge in [-0.15, -0.1) is 0 Å². The predicted molar refractivity (Wildman–Crippen MR) is 180 cm³/mol. The first-order valence-electron chi connectivity index (χ1n) is 18.0. The Balaban J connectivity index is 0.983. The third kappa shape index (κ3) is 6.30. The van der Waals surface area contributed by atoms with Crippen LogP contribution in [0.2, 0.25) is 0 Å². The molecule has 3 aromatic heterocycles. The maximum Gasteiger partial charge on any atom is 0.418 e. The van der Waals surface area contributed by atoms with Crippen LogP contribution in [0.25, 0.3) is 0 Å². The highest BCUT2D eigenvalue weighted by atomic mass is 19.4. The molecule has 3 unspecified atom stereocenters. The molecule has 4 aliphatic rings. The van der Waals surface area contributed by atoms with E-state index in [1.807, 2.05) is 22.7 Å². The van der Waals surface area contributed by atoms with Crippen molar-refractivity contribution in [2.75, 3.05) is 26.2 Å². The number of carbonyl (C=O) groups excluding carboxylic acids is 2. The van der Waals surface area contributed by atoms with Crippen molar-refractivity contribution >= 4 is 11.8 Å². The Bertz CT molecular complexity index is 1950. The molecule has 2 saturated carbocycles. The van der Waals surface area contributed by atoms with Gasteiger partial charge in [-0.25, -0.2) is 0 Å². The maximum atomic E-state index is 13.9. The highest BCUT2D eigenvalue weighted by Crippen LogP contribution is 2.55. The molecule has 0 bridgehead atoms. The van der Waals surface area contributed by atoms with Gasteiger partial charge in [-0.05, 0) is 48.8 Å². The number of rotatable bonds is 9. The lowest BCUT2D eigenvalue weighted by Gasteiger charge is -2.50. The number of aliphatic hydroxyl groups is 1. The van der Waals surface area contributed by atoms with E-state index in [0.29, 0.717) is 54.9 Å². The molecular weight excluding hydrogens is 677 g/mol. The second-order valence-electron chi connectivity index (χ2n) is 16.0. The van der Waals surface area contributed by atoms with Gasteiger partial charge >= 0.3 is 6.18 Å². The zero-order valence-corrected chi connectivity index (χ0v) is 29.5. The van der Waals surface area contributed by atoms with Crippen LogP contribution < -0.4 is 0 Å². The average Bonchev–Trinajstić information content (AvgIpc) is 3.84.